The van der Waals surface area contributed by atoms with Gasteiger partial charge in [0.25, 0.3) is 0 Å². The second-order valence-electron chi connectivity index (χ2n) is 4.39. The first-order valence-corrected chi connectivity index (χ1v) is 6.04. The van der Waals surface area contributed by atoms with Gasteiger partial charge in [0.05, 0.1) is 12.1 Å². The second-order valence-corrected chi connectivity index (χ2v) is 4.39. The summed E-state index contributed by atoms with van der Waals surface area (Å²) in [4.78, 5) is 34.3. The predicted octanol–water partition coefficient (Wildman–Crippen LogP) is -2.42. The quantitative estimate of drug-likeness (QED) is 0.350. The fraction of sp³-hybridized carbons (Fsp3) is 0.727. The number of hydrogen-bond acceptors (Lipinski definition) is 5. The first-order chi connectivity index (χ1) is 8.70. The molecule has 0 aliphatic rings. The summed E-state index contributed by atoms with van der Waals surface area (Å²) in [5.41, 5.74) is 10.4. The predicted molar refractivity (Wildman–Crippen MR) is 68.7 cm³/mol. The van der Waals surface area contributed by atoms with Gasteiger partial charge in [0, 0.05) is 0 Å². The minimum absolute atomic E-state index is 0.315. The summed E-state index contributed by atoms with van der Waals surface area (Å²) in [5, 5.41) is 14.1. The van der Waals surface area contributed by atoms with E-state index >= 15 is 0 Å². The third-order valence-electron chi connectivity index (χ3n) is 2.54. The highest BCUT2D eigenvalue weighted by Gasteiger charge is 2.27. The van der Waals surface area contributed by atoms with Gasteiger partial charge < -0.3 is 27.2 Å². The molecule has 0 aromatic rings. The van der Waals surface area contributed by atoms with Crippen molar-refractivity contribution in [1.29, 1.82) is 0 Å². The van der Waals surface area contributed by atoms with Gasteiger partial charge >= 0.3 is 0 Å². The van der Waals surface area contributed by atoms with E-state index in [9.17, 15) is 19.5 Å². The number of carbonyl (C=O) groups is 3. The Kier molecular flexibility index (Phi) is 7.02. The molecule has 0 aliphatic heterocycles. The second kappa shape index (κ2) is 7.70. The first-order valence-electron chi connectivity index (χ1n) is 6.04. The normalized spacial score (nSPS) is 16.9. The zero-order chi connectivity index (χ0) is 15.2. The highest BCUT2D eigenvalue weighted by atomic mass is 16.3. The average Bonchev–Trinajstić information content (AvgIpc) is 2.31. The number of primary amides is 1. The number of amides is 3. The van der Waals surface area contributed by atoms with Crippen LogP contribution in [0.15, 0.2) is 0 Å². The molecule has 0 spiro atoms. The van der Waals surface area contributed by atoms with Gasteiger partial charge in [-0.25, -0.2) is 0 Å². The van der Waals surface area contributed by atoms with Crippen molar-refractivity contribution in [3.63, 3.8) is 0 Å². The van der Waals surface area contributed by atoms with E-state index in [1.807, 2.05) is 0 Å². The molecule has 8 heteroatoms. The van der Waals surface area contributed by atoms with Crippen LogP contribution in [0.4, 0.5) is 0 Å². The van der Waals surface area contributed by atoms with E-state index < -0.39 is 42.0 Å². The van der Waals surface area contributed by atoms with E-state index in [4.69, 9.17) is 11.5 Å². The Morgan fingerprint density at radius 3 is 2.00 bits per heavy atom. The maximum Gasteiger partial charge on any atom is 0.243 e. The number of rotatable bonds is 7. The molecule has 0 rings (SSSR count). The first kappa shape index (κ1) is 17.3. The maximum atomic E-state index is 11.9. The summed E-state index contributed by atoms with van der Waals surface area (Å²) in [5.74, 6) is -1.92. The van der Waals surface area contributed by atoms with Crippen LogP contribution < -0.4 is 22.1 Å². The van der Waals surface area contributed by atoms with E-state index in [0.29, 0.717) is 6.42 Å². The molecule has 0 heterocycles. The summed E-state index contributed by atoms with van der Waals surface area (Å²) < 4.78 is 0. The van der Waals surface area contributed by atoms with Crippen molar-refractivity contribution in [2.45, 2.75) is 51.4 Å². The topological polar surface area (TPSA) is 148 Å². The van der Waals surface area contributed by atoms with Gasteiger partial charge in [0.1, 0.15) is 12.1 Å². The Balaban J connectivity index is 4.67. The molecule has 4 atom stereocenters. The van der Waals surface area contributed by atoms with Gasteiger partial charge in [-0.1, -0.05) is 6.92 Å². The van der Waals surface area contributed by atoms with Gasteiger partial charge in [0.15, 0.2) is 0 Å². The van der Waals surface area contributed by atoms with Crippen LogP contribution in [0.2, 0.25) is 0 Å². The number of aliphatic hydroxyl groups excluding tert-OH is 1. The fourth-order valence-corrected chi connectivity index (χ4v) is 1.34. The largest absolute Gasteiger partial charge is 0.391 e. The van der Waals surface area contributed by atoms with Crippen molar-refractivity contribution < 1.29 is 19.5 Å². The monoisotopic (exact) mass is 274 g/mol. The smallest absolute Gasteiger partial charge is 0.243 e. The van der Waals surface area contributed by atoms with Gasteiger partial charge in [0.2, 0.25) is 17.7 Å². The third-order valence-corrected chi connectivity index (χ3v) is 2.54. The van der Waals surface area contributed by atoms with Crippen molar-refractivity contribution in [2.75, 3.05) is 0 Å². The molecule has 19 heavy (non-hydrogen) atoms. The molecule has 0 saturated heterocycles. The molecule has 0 aromatic carbocycles. The summed E-state index contributed by atoms with van der Waals surface area (Å²) >= 11 is 0. The lowest BCUT2D eigenvalue weighted by Gasteiger charge is -2.23. The number of hydrogen-bond donors (Lipinski definition) is 5. The number of nitrogens with one attached hydrogen (secondary N) is 2. The molecule has 0 radical (unpaired) electrons. The number of aliphatic hydroxyl groups is 1. The molecular formula is C11H22N4O4. The lowest BCUT2D eigenvalue weighted by Crippen LogP contribution is -2.57. The van der Waals surface area contributed by atoms with Crippen LogP contribution in [0.25, 0.3) is 0 Å². The van der Waals surface area contributed by atoms with Crippen LogP contribution in [0.5, 0.6) is 0 Å². The highest BCUT2D eigenvalue weighted by Crippen LogP contribution is 1.97. The van der Waals surface area contributed by atoms with Crippen LogP contribution in [-0.4, -0.2) is 47.1 Å². The maximum absolute atomic E-state index is 11.9. The van der Waals surface area contributed by atoms with Gasteiger partial charge in [-0.05, 0) is 20.3 Å². The van der Waals surface area contributed by atoms with Gasteiger partial charge in [-0.2, -0.15) is 0 Å². The molecule has 0 aromatic heterocycles. The van der Waals surface area contributed by atoms with Crippen molar-refractivity contribution in [2.24, 2.45) is 11.5 Å². The van der Waals surface area contributed by atoms with E-state index in [2.05, 4.69) is 10.6 Å². The van der Waals surface area contributed by atoms with E-state index in [1.165, 1.54) is 13.8 Å². The number of carbonyl (C=O) groups excluding carboxylic acids is 3. The van der Waals surface area contributed by atoms with Crippen LogP contribution >= 0.6 is 0 Å². The SMILES string of the molecule is CC[C@H](NC(=O)[C@H](C)N)C(=O)N[C@H](C(N)=O)[C@@H](C)O. The lowest BCUT2D eigenvalue weighted by molar-refractivity contribution is -0.133. The molecule has 0 fully saturated rings. The minimum Gasteiger partial charge on any atom is -0.391 e. The standard InChI is InChI=1S/C11H22N4O4/c1-4-7(14-10(18)5(2)12)11(19)15-8(6(3)16)9(13)17/h5-8,16H,4,12H2,1-3H3,(H2,13,17)(H,14,18)(H,15,19)/t5-,6+,7-,8-/m0/s1. The Morgan fingerprint density at radius 2 is 1.68 bits per heavy atom. The zero-order valence-electron chi connectivity index (χ0n) is 11.3. The summed E-state index contributed by atoms with van der Waals surface area (Å²) in [6, 6.07) is -2.78. The Bertz CT molecular complexity index is 344. The molecule has 0 bridgehead atoms. The molecular weight excluding hydrogens is 252 g/mol. The van der Waals surface area contributed by atoms with Gasteiger partial charge in [-0.15, -0.1) is 0 Å². The molecule has 8 nitrogen and oxygen atoms in total. The molecule has 3 amide bonds. The van der Waals surface area contributed by atoms with Crippen molar-refractivity contribution in [1.82, 2.24) is 10.6 Å². The minimum atomic E-state index is -1.20. The van der Waals surface area contributed by atoms with Crippen molar-refractivity contribution in [3.05, 3.63) is 0 Å². The fourth-order valence-electron chi connectivity index (χ4n) is 1.34. The Morgan fingerprint density at radius 1 is 1.16 bits per heavy atom. The van der Waals surface area contributed by atoms with Crippen molar-refractivity contribution in [3.8, 4) is 0 Å². The van der Waals surface area contributed by atoms with E-state index in [0.717, 1.165) is 0 Å². The molecule has 0 unspecified atom stereocenters. The third kappa shape index (κ3) is 5.66. The van der Waals surface area contributed by atoms with Crippen LogP contribution in [-0.2, 0) is 14.4 Å². The average molecular weight is 274 g/mol. The van der Waals surface area contributed by atoms with Crippen molar-refractivity contribution >= 4 is 17.7 Å². The van der Waals surface area contributed by atoms with Crippen LogP contribution in [0.1, 0.15) is 27.2 Å². The summed E-state index contributed by atoms with van der Waals surface area (Å²) in [7, 11) is 0. The summed E-state index contributed by atoms with van der Waals surface area (Å²) in [6.45, 7) is 4.51. The molecule has 7 N–H and O–H groups in total. The molecule has 0 saturated carbocycles. The van der Waals surface area contributed by atoms with Crippen LogP contribution in [0, 0.1) is 0 Å². The van der Waals surface area contributed by atoms with E-state index in [-0.39, 0.29) is 0 Å². The Hall–Kier alpha value is -1.67. The van der Waals surface area contributed by atoms with Gasteiger partial charge in [-0.3, -0.25) is 14.4 Å². The molecule has 110 valence electrons. The lowest BCUT2D eigenvalue weighted by atomic mass is 10.1. The summed E-state index contributed by atoms with van der Waals surface area (Å²) in [6.07, 6.45) is -0.807. The highest BCUT2D eigenvalue weighted by molar-refractivity contribution is 5.92. The zero-order valence-corrected chi connectivity index (χ0v) is 11.3. The molecule has 0 aliphatic carbocycles. The Labute approximate surface area is 111 Å². The van der Waals surface area contributed by atoms with Crippen LogP contribution in [0.3, 0.4) is 0 Å². The van der Waals surface area contributed by atoms with E-state index in [1.54, 1.807) is 6.92 Å². The number of nitrogens with two attached hydrogens (primary N) is 2.